The molecule has 0 unspecified atom stereocenters. The van der Waals surface area contributed by atoms with E-state index in [1.165, 1.54) is 0 Å². The van der Waals surface area contributed by atoms with Crippen molar-refractivity contribution in [3.05, 3.63) is 207 Å². The maximum atomic E-state index is 4.76. The van der Waals surface area contributed by atoms with Gasteiger partial charge in [0.2, 0.25) is 0 Å². The lowest BCUT2D eigenvalue weighted by Gasteiger charge is -2.20. The zero-order valence-electron chi connectivity index (χ0n) is 29.4. The molecule has 5 aromatic carbocycles. The standard InChI is InChI=1S/C50H34N4/c1-3-15-35(16-4-1)43-33-44(36-17-5-2-6-18-36)46(38-29-41(49-21-9-13-25-53-49)32-42(30-38)50-22-10-14-26-54-50)34-45(43)37-27-39(47-19-7-11-23-51-47)31-40(28-37)48-20-8-12-24-52-48/h1-34H. The number of aromatic nitrogens is 4. The van der Waals surface area contributed by atoms with Gasteiger partial charge in [-0.05, 0) is 142 Å². The molecule has 0 fully saturated rings. The first-order valence-electron chi connectivity index (χ1n) is 18.0. The van der Waals surface area contributed by atoms with Crippen LogP contribution in [0.3, 0.4) is 0 Å². The van der Waals surface area contributed by atoms with Crippen molar-refractivity contribution in [1.29, 1.82) is 0 Å². The highest BCUT2D eigenvalue weighted by Crippen LogP contribution is 2.45. The van der Waals surface area contributed by atoms with Crippen molar-refractivity contribution < 1.29 is 0 Å². The summed E-state index contributed by atoms with van der Waals surface area (Å²) < 4.78 is 0. The molecular formula is C50H34N4. The zero-order chi connectivity index (χ0) is 36.1. The normalized spacial score (nSPS) is 11.0. The minimum absolute atomic E-state index is 0.905. The van der Waals surface area contributed by atoms with Gasteiger partial charge >= 0.3 is 0 Å². The molecule has 0 aliphatic heterocycles. The Morgan fingerprint density at radius 2 is 0.463 bits per heavy atom. The molecule has 0 radical (unpaired) electrons. The van der Waals surface area contributed by atoms with Crippen molar-refractivity contribution in [1.82, 2.24) is 19.9 Å². The van der Waals surface area contributed by atoms with E-state index in [2.05, 4.69) is 133 Å². The molecule has 0 atom stereocenters. The molecule has 4 nitrogen and oxygen atoms in total. The van der Waals surface area contributed by atoms with Gasteiger partial charge in [-0.15, -0.1) is 0 Å². The van der Waals surface area contributed by atoms with E-state index in [0.717, 1.165) is 89.5 Å². The highest BCUT2D eigenvalue weighted by atomic mass is 14.7. The van der Waals surface area contributed by atoms with Crippen LogP contribution in [0.2, 0.25) is 0 Å². The SMILES string of the molecule is c1ccc(-c2cc(-c3ccccc3)c(-c3cc(-c4ccccn4)cc(-c4ccccn4)c3)cc2-c2cc(-c3ccccn3)cc(-c3ccccn3)c2)cc1. The van der Waals surface area contributed by atoms with Crippen LogP contribution in [0.1, 0.15) is 0 Å². The Labute approximate surface area is 315 Å². The number of hydrogen-bond donors (Lipinski definition) is 0. The van der Waals surface area contributed by atoms with Crippen LogP contribution in [0, 0.1) is 0 Å². The maximum Gasteiger partial charge on any atom is 0.0702 e. The van der Waals surface area contributed by atoms with E-state index in [-0.39, 0.29) is 0 Å². The van der Waals surface area contributed by atoms with Crippen molar-refractivity contribution in [2.45, 2.75) is 0 Å². The maximum absolute atomic E-state index is 4.76. The van der Waals surface area contributed by atoms with Crippen LogP contribution >= 0.6 is 0 Å². The molecule has 0 bridgehead atoms. The van der Waals surface area contributed by atoms with Gasteiger partial charge in [-0.1, -0.05) is 84.9 Å². The molecule has 0 saturated heterocycles. The van der Waals surface area contributed by atoms with Gasteiger partial charge in [0.15, 0.2) is 0 Å². The third-order valence-corrected chi connectivity index (χ3v) is 9.66. The summed E-state index contributed by atoms with van der Waals surface area (Å²) >= 11 is 0. The Kier molecular flexibility index (Phi) is 8.90. The zero-order valence-corrected chi connectivity index (χ0v) is 29.4. The molecule has 9 rings (SSSR count). The Balaban J connectivity index is 1.37. The molecule has 0 saturated carbocycles. The molecule has 0 N–H and O–H groups in total. The molecule has 0 aliphatic rings. The largest absolute Gasteiger partial charge is 0.256 e. The van der Waals surface area contributed by atoms with E-state index < -0.39 is 0 Å². The van der Waals surface area contributed by atoms with E-state index in [9.17, 15) is 0 Å². The predicted molar refractivity (Wildman–Crippen MR) is 221 cm³/mol. The molecule has 4 aromatic heterocycles. The Hall–Kier alpha value is -7.30. The van der Waals surface area contributed by atoms with E-state index in [1.54, 1.807) is 0 Å². The quantitative estimate of drug-likeness (QED) is 0.159. The first-order chi connectivity index (χ1) is 26.8. The summed E-state index contributed by atoms with van der Waals surface area (Å²) in [6, 6.07) is 63.6. The van der Waals surface area contributed by atoms with Crippen molar-refractivity contribution in [2.75, 3.05) is 0 Å². The minimum Gasteiger partial charge on any atom is -0.256 e. The smallest absolute Gasteiger partial charge is 0.0702 e. The molecule has 0 aliphatic carbocycles. The van der Waals surface area contributed by atoms with Gasteiger partial charge < -0.3 is 0 Å². The van der Waals surface area contributed by atoms with Crippen LogP contribution in [-0.4, -0.2) is 19.9 Å². The number of nitrogens with zero attached hydrogens (tertiary/aromatic N) is 4. The number of hydrogen-bond acceptors (Lipinski definition) is 4. The Morgan fingerprint density at radius 1 is 0.204 bits per heavy atom. The molecule has 0 amide bonds. The highest BCUT2D eigenvalue weighted by Gasteiger charge is 2.19. The summed E-state index contributed by atoms with van der Waals surface area (Å²) in [4.78, 5) is 19.1. The van der Waals surface area contributed by atoms with Crippen LogP contribution in [0.5, 0.6) is 0 Å². The number of rotatable bonds is 8. The second-order valence-electron chi connectivity index (χ2n) is 13.1. The fourth-order valence-corrected chi connectivity index (χ4v) is 7.08. The Bertz CT molecular complexity index is 2360. The fourth-order valence-electron chi connectivity index (χ4n) is 7.08. The van der Waals surface area contributed by atoms with E-state index >= 15 is 0 Å². The lowest BCUT2D eigenvalue weighted by molar-refractivity contribution is 1.31. The summed E-state index contributed by atoms with van der Waals surface area (Å²) in [6.45, 7) is 0. The van der Waals surface area contributed by atoms with Crippen molar-refractivity contribution >= 4 is 0 Å². The molecule has 4 heteroatoms. The third-order valence-electron chi connectivity index (χ3n) is 9.66. The van der Waals surface area contributed by atoms with E-state index in [0.29, 0.717) is 0 Å². The monoisotopic (exact) mass is 690 g/mol. The van der Waals surface area contributed by atoms with Gasteiger partial charge in [0.1, 0.15) is 0 Å². The fraction of sp³-hybridized carbons (Fsp3) is 0. The molecule has 4 heterocycles. The molecule has 9 aromatic rings. The lowest BCUT2D eigenvalue weighted by Crippen LogP contribution is -1.95. The van der Waals surface area contributed by atoms with Crippen LogP contribution in [0.15, 0.2) is 207 Å². The summed E-state index contributed by atoms with van der Waals surface area (Å²) in [6.07, 6.45) is 7.38. The first-order valence-corrected chi connectivity index (χ1v) is 18.0. The Morgan fingerprint density at radius 3 is 0.741 bits per heavy atom. The van der Waals surface area contributed by atoms with Crippen LogP contribution < -0.4 is 0 Å². The molecule has 54 heavy (non-hydrogen) atoms. The van der Waals surface area contributed by atoms with Gasteiger partial charge in [-0.2, -0.15) is 0 Å². The van der Waals surface area contributed by atoms with Gasteiger partial charge in [0.25, 0.3) is 0 Å². The molecule has 254 valence electrons. The predicted octanol–water partition coefficient (Wildman–Crippen LogP) is 12.6. The average Bonchev–Trinajstić information content (AvgIpc) is 3.27. The second kappa shape index (κ2) is 14.7. The summed E-state index contributed by atoms with van der Waals surface area (Å²) in [5.74, 6) is 0. The highest BCUT2D eigenvalue weighted by molar-refractivity contribution is 5.97. The topological polar surface area (TPSA) is 51.6 Å². The summed E-state index contributed by atoms with van der Waals surface area (Å²) in [5, 5.41) is 0. The van der Waals surface area contributed by atoms with Crippen LogP contribution in [-0.2, 0) is 0 Å². The van der Waals surface area contributed by atoms with Crippen LogP contribution in [0.25, 0.3) is 89.5 Å². The first kappa shape index (κ1) is 32.6. The van der Waals surface area contributed by atoms with E-state index in [1.807, 2.05) is 73.3 Å². The van der Waals surface area contributed by atoms with Gasteiger partial charge in [-0.3, -0.25) is 19.9 Å². The van der Waals surface area contributed by atoms with Crippen molar-refractivity contribution in [2.24, 2.45) is 0 Å². The average molecular weight is 691 g/mol. The van der Waals surface area contributed by atoms with Gasteiger partial charge in [-0.25, -0.2) is 0 Å². The summed E-state index contributed by atoms with van der Waals surface area (Å²) in [5.41, 5.74) is 16.6. The minimum atomic E-state index is 0.905. The molecule has 0 spiro atoms. The number of pyridine rings is 4. The van der Waals surface area contributed by atoms with Crippen molar-refractivity contribution in [3.8, 4) is 89.5 Å². The molecular weight excluding hydrogens is 657 g/mol. The third kappa shape index (κ3) is 6.72. The van der Waals surface area contributed by atoms with Crippen molar-refractivity contribution in [3.63, 3.8) is 0 Å². The number of benzene rings is 5. The second-order valence-corrected chi connectivity index (χ2v) is 13.1. The van der Waals surface area contributed by atoms with Crippen LogP contribution in [0.4, 0.5) is 0 Å². The van der Waals surface area contributed by atoms with E-state index in [4.69, 9.17) is 19.9 Å². The van der Waals surface area contributed by atoms with Gasteiger partial charge in [0.05, 0.1) is 22.8 Å². The van der Waals surface area contributed by atoms with Gasteiger partial charge in [0, 0.05) is 47.0 Å². The summed E-state index contributed by atoms with van der Waals surface area (Å²) in [7, 11) is 0. The lowest BCUT2D eigenvalue weighted by atomic mass is 9.84.